The minimum absolute atomic E-state index is 0.00484. The van der Waals surface area contributed by atoms with Crippen LogP contribution in [-0.2, 0) is 11.3 Å². The summed E-state index contributed by atoms with van der Waals surface area (Å²) in [7, 11) is 1.57. The van der Waals surface area contributed by atoms with E-state index in [1.807, 2.05) is 6.07 Å². The molecule has 0 bridgehead atoms. The molecule has 0 saturated carbocycles. The summed E-state index contributed by atoms with van der Waals surface area (Å²) in [5, 5.41) is 1.13. The van der Waals surface area contributed by atoms with Crippen molar-refractivity contribution < 1.29 is 14.3 Å². The maximum Gasteiger partial charge on any atom is 0.212 e. The van der Waals surface area contributed by atoms with Crippen LogP contribution in [0.4, 0.5) is 0 Å². The molecule has 4 heterocycles. The Balaban J connectivity index is 1.53. The van der Waals surface area contributed by atoms with E-state index in [9.17, 15) is 4.79 Å². The lowest BCUT2D eigenvalue weighted by molar-refractivity contribution is 0.104. The van der Waals surface area contributed by atoms with E-state index in [-0.39, 0.29) is 5.78 Å². The quantitative estimate of drug-likeness (QED) is 0.595. The van der Waals surface area contributed by atoms with E-state index in [1.54, 1.807) is 36.8 Å². The fraction of sp³-hybridized carbons (Fsp3) is 0.429. The van der Waals surface area contributed by atoms with E-state index in [4.69, 9.17) is 9.47 Å². The van der Waals surface area contributed by atoms with E-state index < -0.39 is 0 Å². The van der Waals surface area contributed by atoms with Crippen molar-refractivity contribution in [1.82, 2.24) is 14.5 Å². The molecule has 0 aromatic carbocycles. The molecule has 0 atom stereocenters. The number of pyridine rings is 1. The first-order valence-electron chi connectivity index (χ1n) is 9.60. The summed E-state index contributed by atoms with van der Waals surface area (Å²) in [6, 6.07) is 7.64. The summed E-state index contributed by atoms with van der Waals surface area (Å²) in [6.45, 7) is 7.80. The lowest BCUT2D eigenvalue weighted by atomic mass is 10.1. The third kappa shape index (κ3) is 3.97. The molecular weight excluding hydrogens is 374 g/mol. The summed E-state index contributed by atoms with van der Waals surface area (Å²) in [5.74, 6) is 0.513. The van der Waals surface area contributed by atoms with Gasteiger partial charge in [-0.05, 0) is 31.5 Å². The van der Waals surface area contributed by atoms with Gasteiger partial charge in [-0.1, -0.05) is 0 Å². The number of thiophene rings is 1. The first kappa shape index (κ1) is 19.1. The number of carbonyl (C=O) groups is 1. The normalized spacial score (nSPS) is 15.6. The van der Waals surface area contributed by atoms with Crippen LogP contribution in [0.25, 0.3) is 10.2 Å². The molecule has 4 rings (SSSR count). The molecule has 0 aliphatic carbocycles. The van der Waals surface area contributed by atoms with E-state index in [0.29, 0.717) is 11.4 Å². The van der Waals surface area contributed by atoms with Crippen molar-refractivity contribution in [3.05, 3.63) is 46.6 Å². The zero-order valence-corrected chi connectivity index (χ0v) is 17.1. The number of nitrogens with zero attached hydrogens (tertiary/aromatic N) is 3. The number of aryl methyl sites for hydroxylation is 1. The van der Waals surface area contributed by atoms with Gasteiger partial charge in [0.2, 0.25) is 11.7 Å². The number of ketones is 1. The number of ether oxygens (including phenoxy) is 2. The Labute approximate surface area is 168 Å². The Hall–Kier alpha value is -2.22. The van der Waals surface area contributed by atoms with E-state index in [2.05, 4.69) is 27.4 Å². The van der Waals surface area contributed by atoms with Crippen LogP contribution in [0.3, 0.4) is 0 Å². The molecule has 1 aliphatic rings. The highest BCUT2D eigenvalue weighted by molar-refractivity contribution is 7.20. The van der Waals surface area contributed by atoms with Crippen LogP contribution < -0.4 is 4.74 Å². The number of rotatable bonds is 6. The van der Waals surface area contributed by atoms with Gasteiger partial charge in [-0.15, -0.1) is 11.3 Å². The molecule has 7 heteroatoms. The van der Waals surface area contributed by atoms with Crippen LogP contribution in [0, 0.1) is 6.92 Å². The number of hydrogen-bond donors (Lipinski definition) is 0. The zero-order chi connectivity index (χ0) is 19.5. The average Bonchev–Trinajstić information content (AvgIpc) is 3.11. The third-order valence-electron chi connectivity index (χ3n) is 5.16. The van der Waals surface area contributed by atoms with Gasteiger partial charge in [0.15, 0.2) is 0 Å². The van der Waals surface area contributed by atoms with Crippen molar-refractivity contribution in [1.29, 1.82) is 0 Å². The van der Waals surface area contributed by atoms with Crippen LogP contribution in [0.5, 0.6) is 5.88 Å². The van der Waals surface area contributed by atoms with Gasteiger partial charge < -0.3 is 14.0 Å². The topological polar surface area (TPSA) is 56.6 Å². The highest BCUT2D eigenvalue weighted by Gasteiger charge is 2.17. The molecule has 0 unspecified atom stereocenters. The molecule has 1 aliphatic heterocycles. The molecule has 6 nitrogen and oxygen atoms in total. The maximum atomic E-state index is 12.9. The van der Waals surface area contributed by atoms with Gasteiger partial charge in [-0.2, -0.15) is 0 Å². The monoisotopic (exact) mass is 399 g/mol. The van der Waals surface area contributed by atoms with Crippen molar-refractivity contribution >= 4 is 27.3 Å². The van der Waals surface area contributed by atoms with Gasteiger partial charge in [-0.25, -0.2) is 4.98 Å². The first-order valence-corrected chi connectivity index (χ1v) is 10.4. The minimum atomic E-state index is 0.00484. The zero-order valence-electron chi connectivity index (χ0n) is 16.3. The Morgan fingerprint density at radius 2 is 2.14 bits per heavy atom. The van der Waals surface area contributed by atoms with Crippen molar-refractivity contribution in [2.24, 2.45) is 0 Å². The molecule has 3 aromatic heterocycles. The Morgan fingerprint density at radius 3 is 2.93 bits per heavy atom. The molecule has 148 valence electrons. The van der Waals surface area contributed by atoms with Crippen LogP contribution in [0.1, 0.15) is 27.3 Å². The van der Waals surface area contributed by atoms with Crippen LogP contribution in [0.2, 0.25) is 0 Å². The Bertz CT molecular complexity index is 953. The van der Waals surface area contributed by atoms with Crippen LogP contribution >= 0.6 is 11.3 Å². The summed E-state index contributed by atoms with van der Waals surface area (Å²) >= 11 is 1.56. The number of fused-ring (bicyclic) bond motifs is 1. The average molecular weight is 400 g/mol. The number of hydrogen-bond acceptors (Lipinski definition) is 6. The molecule has 0 spiro atoms. The van der Waals surface area contributed by atoms with Crippen LogP contribution in [-0.4, -0.2) is 60.2 Å². The minimum Gasteiger partial charge on any atom is -0.481 e. The predicted molar refractivity (Wildman–Crippen MR) is 111 cm³/mol. The Kier molecular flexibility index (Phi) is 5.75. The third-order valence-corrected chi connectivity index (χ3v) is 6.33. The summed E-state index contributed by atoms with van der Waals surface area (Å²) in [4.78, 5) is 21.4. The second kappa shape index (κ2) is 8.43. The SMILES string of the molecule is COc1ccc(C(=O)c2cc3cc(C)n(CCN4CCCOCC4)c3s2)cn1. The van der Waals surface area contributed by atoms with Gasteiger partial charge in [0, 0.05) is 61.7 Å². The van der Waals surface area contributed by atoms with Crippen molar-refractivity contribution in [2.45, 2.75) is 19.9 Å². The molecule has 0 radical (unpaired) electrons. The molecule has 3 aromatic rings. The standard InChI is InChI=1S/C21H25N3O3S/c1-15-12-17-13-18(20(25)16-4-5-19(26-2)22-14-16)28-21(17)24(15)8-7-23-6-3-10-27-11-9-23/h4-5,12-14H,3,6-11H2,1-2H3. The van der Waals surface area contributed by atoms with E-state index >= 15 is 0 Å². The Morgan fingerprint density at radius 1 is 1.25 bits per heavy atom. The second-order valence-corrected chi connectivity index (χ2v) is 8.07. The number of aromatic nitrogens is 2. The van der Waals surface area contributed by atoms with Gasteiger partial charge >= 0.3 is 0 Å². The smallest absolute Gasteiger partial charge is 0.212 e. The number of carbonyl (C=O) groups excluding carboxylic acids is 1. The van der Waals surface area contributed by atoms with Crippen LogP contribution in [0.15, 0.2) is 30.5 Å². The largest absolute Gasteiger partial charge is 0.481 e. The fourth-order valence-electron chi connectivity index (χ4n) is 3.60. The maximum absolute atomic E-state index is 12.9. The number of methoxy groups -OCH3 is 1. The van der Waals surface area contributed by atoms with Gasteiger partial charge in [0.25, 0.3) is 0 Å². The summed E-state index contributed by atoms with van der Waals surface area (Å²) in [5.41, 5.74) is 1.81. The first-order chi connectivity index (χ1) is 13.7. The van der Waals surface area contributed by atoms with E-state index in [0.717, 1.165) is 60.9 Å². The lowest BCUT2D eigenvalue weighted by Gasteiger charge is -2.20. The van der Waals surface area contributed by atoms with Gasteiger partial charge in [-0.3, -0.25) is 9.69 Å². The van der Waals surface area contributed by atoms with Crippen molar-refractivity contribution in [2.75, 3.05) is 40.0 Å². The van der Waals surface area contributed by atoms with E-state index in [1.165, 1.54) is 5.69 Å². The van der Waals surface area contributed by atoms with Gasteiger partial charge in [0.1, 0.15) is 4.83 Å². The van der Waals surface area contributed by atoms with Gasteiger partial charge in [0.05, 0.1) is 18.6 Å². The molecule has 28 heavy (non-hydrogen) atoms. The summed E-state index contributed by atoms with van der Waals surface area (Å²) < 4.78 is 12.9. The highest BCUT2D eigenvalue weighted by Crippen LogP contribution is 2.30. The molecular formula is C21H25N3O3S. The molecule has 0 amide bonds. The fourth-order valence-corrected chi connectivity index (χ4v) is 4.79. The molecule has 1 saturated heterocycles. The highest BCUT2D eigenvalue weighted by atomic mass is 32.1. The lowest BCUT2D eigenvalue weighted by Crippen LogP contribution is -2.30. The van der Waals surface area contributed by atoms with Crippen molar-refractivity contribution in [3.63, 3.8) is 0 Å². The molecule has 1 fully saturated rings. The molecule has 0 N–H and O–H groups in total. The van der Waals surface area contributed by atoms with Crippen molar-refractivity contribution in [3.8, 4) is 5.88 Å². The summed E-state index contributed by atoms with van der Waals surface area (Å²) in [6.07, 6.45) is 2.67. The predicted octanol–water partition coefficient (Wildman–Crippen LogP) is 3.37. The second-order valence-electron chi connectivity index (χ2n) is 7.03.